The minimum atomic E-state index is 0.841. The summed E-state index contributed by atoms with van der Waals surface area (Å²) in [7, 11) is 0. The van der Waals surface area contributed by atoms with Gasteiger partial charge in [0.25, 0.3) is 0 Å². The Balaban J connectivity index is 2.54. The van der Waals surface area contributed by atoms with Crippen LogP contribution in [0.3, 0.4) is 0 Å². The molecular formula is C14H10BrN. The van der Waals surface area contributed by atoms with E-state index in [-0.39, 0.29) is 0 Å². The van der Waals surface area contributed by atoms with E-state index in [2.05, 4.69) is 26.8 Å². The summed E-state index contributed by atoms with van der Waals surface area (Å²) in [4.78, 5) is 4.43. The summed E-state index contributed by atoms with van der Waals surface area (Å²) in [6, 6.07) is 11.9. The number of aromatic nitrogens is 1. The SMILES string of the molecule is C#Cc1cccc(-c2cc(C)cc(Br)n2)c1. The molecule has 0 atom stereocenters. The van der Waals surface area contributed by atoms with Gasteiger partial charge in [0, 0.05) is 11.1 Å². The summed E-state index contributed by atoms with van der Waals surface area (Å²) < 4.78 is 0.841. The van der Waals surface area contributed by atoms with Crippen molar-refractivity contribution >= 4 is 15.9 Å². The van der Waals surface area contributed by atoms with Crippen LogP contribution in [0, 0.1) is 19.3 Å². The molecule has 0 aliphatic carbocycles. The van der Waals surface area contributed by atoms with Gasteiger partial charge in [0.1, 0.15) is 4.60 Å². The van der Waals surface area contributed by atoms with Gasteiger partial charge in [-0.3, -0.25) is 0 Å². The molecule has 16 heavy (non-hydrogen) atoms. The van der Waals surface area contributed by atoms with Gasteiger partial charge in [-0.2, -0.15) is 0 Å². The second-order valence-electron chi connectivity index (χ2n) is 3.58. The number of benzene rings is 1. The third kappa shape index (κ3) is 2.32. The predicted molar refractivity (Wildman–Crippen MR) is 70.0 cm³/mol. The predicted octanol–water partition coefficient (Wildman–Crippen LogP) is 3.80. The van der Waals surface area contributed by atoms with E-state index in [1.165, 1.54) is 5.56 Å². The van der Waals surface area contributed by atoms with Gasteiger partial charge in [0.2, 0.25) is 0 Å². The first-order chi connectivity index (χ1) is 7.69. The fourth-order valence-corrected chi connectivity index (χ4v) is 2.09. The highest BCUT2D eigenvalue weighted by atomic mass is 79.9. The van der Waals surface area contributed by atoms with Gasteiger partial charge < -0.3 is 0 Å². The molecule has 1 heterocycles. The molecule has 0 aliphatic rings. The molecule has 0 radical (unpaired) electrons. The Kier molecular flexibility index (Phi) is 3.07. The lowest BCUT2D eigenvalue weighted by Crippen LogP contribution is -1.87. The van der Waals surface area contributed by atoms with Gasteiger partial charge >= 0.3 is 0 Å². The molecule has 1 aromatic heterocycles. The zero-order chi connectivity index (χ0) is 11.5. The molecule has 0 bridgehead atoms. The molecule has 2 rings (SSSR count). The average Bonchev–Trinajstić information content (AvgIpc) is 2.28. The number of terminal acetylenes is 1. The van der Waals surface area contributed by atoms with E-state index in [4.69, 9.17) is 6.42 Å². The first-order valence-corrected chi connectivity index (χ1v) is 5.69. The maximum Gasteiger partial charge on any atom is 0.107 e. The topological polar surface area (TPSA) is 12.9 Å². The minimum Gasteiger partial charge on any atom is -0.241 e. The van der Waals surface area contributed by atoms with Crippen LogP contribution < -0.4 is 0 Å². The Labute approximate surface area is 104 Å². The summed E-state index contributed by atoms with van der Waals surface area (Å²) in [5.74, 6) is 2.63. The van der Waals surface area contributed by atoms with Crippen molar-refractivity contribution in [3.63, 3.8) is 0 Å². The van der Waals surface area contributed by atoms with Gasteiger partial charge in [-0.05, 0) is 52.7 Å². The van der Waals surface area contributed by atoms with Crippen molar-refractivity contribution in [2.75, 3.05) is 0 Å². The third-order valence-corrected chi connectivity index (χ3v) is 2.67. The maximum absolute atomic E-state index is 5.38. The monoisotopic (exact) mass is 271 g/mol. The molecule has 1 aromatic carbocycles. The highest BCUT2D eigenvalue weighted by molar-refractivity contribution is 9.10. The zero-order valence-corrected chi connectivity index (χ0v) is 10.5. The van der Waals surface area contributed by atoms with Crippen LogP contribution in [0.15, 0.2) is 41.0 Å². The standard InChI is InChI=1S/C14H10BrN/c1-3-11-5-4-6-12(9-11)13-7-10(2)8-14(15)16-13/h1,4-9H,2H3. The zero-order valence-electron chi connectivity index (χ0n) is 8.87. The molecule has 2 heteroatoms. The number of hydrogen-bond acceptors (Lipinski definition) is 1. The molecular weight excluding hydrogens is 262 g/mol. The van der Waals surface area contributed by atoms with Gasteiger partial charge in [-0.1, -0.05) is 18.1 Å². The molecule has 0 fully saturated rings. The quantitative estimate of drug-likeness (QED) is 0.568. The van der Waals surface area contributed by atoms with E-state index >= 15 is 0 Å². The Bertz CT molecular complexity index is 547. The summed E-state index contributed by atoms with van der Waals surface area (Å²) in [5.41, 5.74) is 4.02. The summed E-state index contributed by atoms with van der Waals surface area (Å²) in [5, 5.41) is 0. The second-order valence-corrected chi connectivity index (χ2v) is 4.39. The second kappa shape index (κ2) is 4.51. The van der Waals surface area contributed by atoms with Crippen molar-refractivity contribution in [1.82, 2.24) is 4.98 Å². The van der Waals surface area contributed by atoms with Gasteiger partial charge in [-0.15, -0.1) is 6.42 Å². The van der Waals surface area contributed by atoms with Crippen LogP contribution in [0.2, 0.25) is 0 Å². The fourth-order valence-electron chi connectivity index (χ4n) is 1.54. The van der Waals surface area contributed by atoms with Gasteiger partial charge in [-0.25, -0.2) is 4.98 Å². The Morgan fingerprint density at radius 2 is 2.06 bits per heavy atom. The molecule has 0 saturated carbocycles. The third-order valence-electron chi connectivity index (χ3n) is 2.26. The van der Waals surface area contributed by atoms with Crippen molar-refractivity contribution in [1.29, 1.82) is 0 Å². The Morgan fingerprint density at radius 3 is 2.75 bits per heavy atom. The number of hydrogen-bond donors (Lipinski definition) is 0. The number of aryl methyl sites for hydroxylation is 1. The highest BCUT2D eigenvalue weighted by Crippen LogP contribution is 2.21. The van der Waals surface area contributed by atoms with E-state index in [9.17, 15) is 0 Å². The van der Waals surface area contributed by atoms with Crippen LogP contribution in [-0.4, -0.2) is 4.98 Å². The van der Waals surface area contributed by atoms with Crippen LogP contribution in [0.25, 0.3) is 11.3 Å². The van der Waals surface area contributed by atoms with Crippen molar-refractivity contribution in [3.8, 4) is 23.6 Å². The molecule has 78 valence electrons. The number of nitrogens with zero attached hydrogens (tertiary/aromatic N) is 1. The Hall–Kier alpha value is -1.59. The van der Waals surface area contributed by atoms with Gasteiger partial charge in [0.15, 0.2) is 0 Å². The normalized spacial score (nSPS) is 9.81. The van der Waals surface area contributed by atoms with Crippen molar-refractivity contribution < 1.29 is 0 Å². The van der Waals surface area contributed by atoms with E-state index in [0.717, 1.165) is 21.4 Å². The fraction of sp³-hybridized carbons (Fsp3) is 0.0714. The first kappa shape index (κ1) is 10.9. The molecule has 1 nitrogen and oxygen atoms in total. The Morgan fingerprint density at radius 1 is 1.25 bits per heavy atom. The van der Waals surface area contributed by atoms with Crippen molar-refractivity contribution in [2.45, 2.75) is 6.92 Å². The van der Waals surface area contributed by atoms with E-state index in [1.54, 1.807) is 0 Å². The molecule has 0 amide bonds. The van der Waals surface area contributed by atoms with E-state index in [0.29, 0.717) is 0 Å². The van der Waals surface area contributed by atoms with Crippen LogP contribution >= 0.6 is 15.9 Å². The van der Waals surface area contributed by atoms with E-state index in [1.807, 2.05) is 43.3 Å². The van der Waals surface area contributed by atoms with Crippen molar-refractivity contribution in [2.24, 2.45) is 0 Å². The lowest BCUT2D eigenvalue weighted by atomic mass is 10.1. The minimum absolute atomic E-state index is 0.841. The maximum atomic E-state index is 5.38. The van der Waals surface area contributed by atoms with Gasteiger partial charge in [0.05, 0.1) is 5.69 Å². The molecule has 0 saturated heterocycles. The average molecular weight is 272 g/mol. The van der Waals surface area contributed by atoms with Crippen LogP contribution in [0.1, 0.15) is 11.1 Å². The first-order valence-electron chi connectivity index (χ1n) is 4.90. The highest BCUT2D eigenvalue weighted by Gasteiger charge is 2.02. The molecule has 0 N–H and O–H groups in total. The molecule has 0 spiro atoms. The summed E-state index contributed by atoms with van der Waals surface area (Å²) in [6.45, 7) is 2.04. The number of halogens is 1. The lowest BCUT2D eigenvalue weighted by Gasteiger charge is -2.04. The summed E-state index contributed by atoms with van der Waals surface area (Å²) >= 11 is 3.39. The molecule has 0 aliphatic heterocycles. The molecule has 2 aromatic rings. The van der Waals surface area contributed by atoms with Crippen LogP contribution in [-0.2, 0) is 0 Å². The number of rotatable bonds is 1. The van der Waals surface area contributed by atoms with Crippen LogP contribution in [0.4, 0.5) is 0 Å². The number of pyridine rings is 1. The smallest absolute Gasteiger partial charge is 0.107 e. The van der Waals surface area contributed by atoms with Crippen LogP contribution in [0.5, 0.6) is 0 Å². The largest absolute Gasteiger partial charge is 0.241 e. The van der Waals surface area contributed by atoms with Crippen molar-refractivity contribution in [3.05, 3.63) is 52.1 Å². The van der Waals surface area contributed by atoms with E-state index < -0.39 is 0 Å². The lowest BCUT2D eigenvalue weighted by molar-refractivity contribution is 1.24. The molecule has 0 unspecified atom stereocenters. The summed E-state index contributed by atoms with van der Waals surface area (Å²) in [6.07, 6.45) is 5.38.